The van der Waals surface area contributed by atoms with E-state index >= 15 is 0 Å². The Labute approximate surface area is 105 Å². The van der Waals surface area contributed by atoms with Crippen molar-refractivity contribution in [1.82, 2.24) is 4.98 Å². The van der Waals surface area contributed by atoms with Gasteiger partial charge in [-0.3, -0.25) is 0 Å². The highest BCUT2D eigenvalue weighted by Gasteiger charge is 2.53. The second-order valence-electron chi connectivity index (χ2n) is 5.09. The molecule has 92 valence electrons. The largest absolute Gasteiger partial charge is 0.516 e. The van der Waals surface area contributed by atoms with Crippen molar-refractivity contribution in [2.45, 2.75) is 38.9 Å². The topological polar surface area (TPSA) is 31.4 Å². The molecule has 0 atom stereocenters. The summed E-state index contributed by atoms with van der Waals surface area (Å²) in [6.07, 6.45) is 0. The minimum atomic E-state index is -0.733. The Bertz CT molecular complexity index is 437. The SMILES string of the molecule is CC1(C)OB(c2nc(F)ccc2Cl)OC1(C)C. The van der Waals surface area contributed by atoms with Crippen molar-refractivity contribution < 1.29 is 13.7 Å². The van der Waals surface area contributed by atoms with Gasteiger partial charge in [0.2, 0.25) is 5.95 Å². The summed E-state index contributed by atoms with van der Waals surface area (Å²) in [6.45, 7) is 7.67. The third kappa shape index (κ3) is 2.19. The van der Waals surface area contributed by atoms with E-state index in [0.29, 0.717) is 5.02 Å². The van der Waals surface area contributed by atoms with Crippen LogP contribution in [0.4, 0.5) is 4.39 Å². The lowest BCUT2D eigenvalue weighted by Crippen LogP contribution is -2.41. The molecule has 0 radical (unpaired) electrons. The predicted molar refractivity (Wildman–Crippen MR) is 64.9 cm³/mol. The van der Waals surface area contributed by atoms with Gasteiger partial charge in [-0.05, 0) is 39.8 Å². The number of aromatic nitrogens is 1. The molecule has 0 saturated carbocycles. The normalized spacial score (nSPS) is 21.9. The van der Waals surface area contributed by atoms with E-state index in [1.807, 2.05) is 27.7 Å². The molecule has 3 nitrogen and oxygen atoms in total. The molecule has 2 heterocycles. The van der Waals surface area contributed by atoms with Crippen LogP contribution in [0.2, 0.25) is 5.02 Å². The van der Waals surface area contributed by atoms with Crippen molar-refractivity contribution in [1.29, 1.82) is 0 Å². The van der Waals surface area contributed by atoms with Gasteiger partial charge in [0.05, 0.1) is 21.8 Å². The van der Waals surface area contributed by atoms with Gasteiger partial charge in [0.25, 0.3) is 0 Å². The molecule has 17 heavy (non-hydrogen) atoms. The summed E-state index contributed by atoms with van der Waals surface area (Å²) in [4.78, 5) is 3.74. The first-order valence-corrected chi connectivity index (χ1v) is 5.78. The number of hydrogen-bond acceptors (Lipinski definition) is 3. The second-order valence-corrected chi connectivity index (χ2v) is 5.50. The summed E-state index contributed by atoms with van der Waals surface area (Å²) in [5, 5.41) is 0.338. The molecule has 1 aromatic rings. The van der Waals surface area contributed by atoms with Crippen molar-refractivity contribution >= 4 is 24.3 Å². The smallest absolute Gasteiger partial charge is 0.398 e. The molecular formula is C11H14BClFNO2. The number of pyridine rings is 1. The van der Waals surface area contributed by atoms with Crippen molar-refractivity contribution in [2.75, 3.05) is 0 Å². The molecular weight excluding hydrogens is 243 g/mol. The Kier molecular flexibility index (Phi) is 2.96. The summed E-state index contributed by atoms with van der Waals surface area (Å²) in [5.74, 6) is -0.598. The first kappa shape index (κ1) is 12.8. The van der Waals surface area contributed by atoms with Crippen molar-refractivity contribution in [3.8, 4) is 0 Å². The first-order chi connectivity index (χ1) is 7.73. The van der Waals surface area contributed by atoms with Gasteiger partial charge < -0.3 is 9.31 Å². The molecule has 0 N–H and O–H groups in total. The van der Waals surface area contributed by atoms with Crippen LogP contribution in [-0.4, -0.2) is 23.3 Å². The minimum absolute atomic E-state index is 0.283. The van der Waals surface area contributed by atoms with Crippen molar-refractivity contribution in [2.24, 2.45) is 0 Å². The van der Waals surface area contributed by atoms with Gasteiger partial charge in [0.15, 0.2) is 0 Å². The maximum atomic E-state index is 13.1. The number of hydrogen-bond donors (Lipinski definition) is 0. The van der Waals surface area contributed by atoms with E-state index in [1.54, 1.807) is 0 Å². The Morgan fingerprint density at radius 2 is 1.71 bits per heavy atom. The van der Waals surface area contributed by atoms with E-state index < -0.39 is 24.3 Å². The van der Waals surface area contributed by atoms with Crippen LogP contribution in [0.25, 0.3) is 0 Å². The zero-order valence-electron chi connectivity index (χ0n) is 10.3. The Hall–Kier alpha value is -0.645. The molecule has 0 bridgehead atoms. The van der Waals surface area contributed by atoms with Gasteiger partial charge in [-0.25, -0.2) is 4.98 Å². The van der Waals surface area contributed by atoms with E-state index in [1.165, 1.54) is 12.1 Å². The molecule has 2 rings (SSSR count). The Morgan fingerprint density at radius 1 is 1.18 bits per heavy atom. The van der Waals surface area contributed by atoms with Gasteiger partial charge in [0, 0.05) is 0 Å². The standard InChI is InChI=1S/C11H14BClFNO2/c1-10(2)11(3,4)17-12(16-10)9-7(13)5-6-8(14)15-9/h5-6H,1-4H3. The molecule has 0 aromatic carbocycles. The minimum Gasteiger partial charge on any atom is -0.398 e. The number of halogens is 2. The van der Waals surface area contributed by atoms with E-state index in [-0.39, 0.29) is 5.59 Å². The van der Waals surface area contributed by atoms with Crippen LogP contribution in [0.3, 0.4) is 0 Å². The fourth-order valence-electron chi connectivity index (χ4n) is 1.55. The molecule has 1 saturated heterocycles. The maximum absolute atomic E-state index is 13.1. The molecule has 0 aliphatic carbocycles. The maximum Gasteiger partial charge on any atom is 0.516 e. The van der Waals surface area contributed by atoms with Crippen molar-refractivity contribution in [3.05, 3.63) is 23.1 Å². The van der Waals surface area contributed by atoms with Crippen LogP contribution in [0.5, 0.6) is 0 Å². The van der Waals surface area contributed by atoms with Gasteiger partial charge in [-0.2, -0.15) is 4.39 Å². The molecule has 0 spiro atoms. The molecule has 1 aliphatic heterocycles. The third-order valence-corrected chi connectivity index (χ3v) is 3.64. The van der Waals surface area contributed by atoms with E-state index in [9.17, 15) is 4.39 Å². The van der Waals surface area contributed by atoms with Crippen LogP contribution in [0, 0.1) is 5.95 Å². The highest BCUT2D eigenvalue weighted by molar-refractivity contribution is 6.64. The fraction of sp³-hybridized carbons (Fsp3) is 0.545. The van der Waals surface area contributed by atoms with Gasteiger partial charge in [-0.1, -0.05) is 11.6 Å². The lowest BCUT2D eigenvalue weighted by atomic mass is 9.84. The van der Waals surface area contributed by atoms with Gasteiger partial charge in [0.1, 0.15) is 0 Å². The van der Waals surface area contributed by atoms with Crippen LogP contribution < -0.4 is 5.59 Å². The highest BCUT2D eigenvalue weighted by atomic mass is 35.5. The Morgan fingerprint density at radius 3 is 2.24 bits per heavy atom. The summed E-state index contributed by atoms with van der Waals surface area (Å²) in [5.41, 5.74) is -0.699. The molecule has 0 unspecified atom stereocenters. The molecule has 1 aliphatic rings. The Balaban J connectivity index is 2.35. The molecule has 0 amide bonds. The van der Waals surface area contributed by atoms with E-state index in [0.717, 1.165) is 0 Å². The predicted octanol–water partition coefficient (Wildman–Crippen LogP) is 2.17. The number of rotatable bonds is 1. The summed E-state index contributed by atoms with van der Waals surface area (Å²) >= 11 is 5.97. The van der Waals surface area contributed by atoms with Crippen molar-refractivity contribution in [3.63, 3.8) is 0 Å². The van der Waals surface area contributed by atoms with E-state index in [2.05, 4.69) is 4.98 Å². The zero-order chi connectivity index (χ0) is 12.8. The van der Waals surface area contributed by atoms with Crippen LogP contribution in [0.1, 0.15) is 27.7 Å². The van der Waals surface area contributed by atoms with Crippen LogP contribution >= 0.6 is 11.6 Å². The monoisotopic (exact) mass is 257 g/mol. The summed E-state index contributed by atoms with van der Waals surface area (Å²) in [7, 11) is -0.733. The molecule has 1 fully saturated rings. The average molecular weight is 258 g/mol. The average Bonchev–Trinajstić information content (AvgIpc) is 2.40. The van der Waals surface area contributed by atoms with Gasteiger partial charge in [-0.15, -0.1) is 0 Å². The van der Waals surface area contributed by atoms with Crippen LogP contribution in [0.15, 0.2) is 12.1 Å². The quantitative estimate of drug-likeness (QED) is 0.571. The molecule has 1 aromatic heterocycles. The second kappa shape index (κ2) is 3.94. The van der Waals surface area contributed by atoms with E-state index in [4.69, 9.17) is 20.9 Å². The highest BCUT2D eigenvalue weighted by Crippen LogP contribution is 2.36. The van der Waals surface area contributed by atoms with Gasteiger partial charge >= 0.3 is 7.12 Å². The zero-order valence-corrected chi connectivity index (χ0v) is 11.0. The number of nitrogens with zero attached hydrogens (tertiary/aromatic N) is 1. The lowest BCUT2D eigenvalue weighted by Gasteiger charge is -2.32. The lowest BCUT2D eigenvalue weighted by molar-refractivity contribution is 0.00578. The summed E-state index contributed by atoms with van der Waals surface area (Å²) in [6, 6.07) is 2.65. The summed E-state index contributed by atoms with van der Waals surface area (Å²) < 4.78 is 24.6. The molecule has 6 heteroatoms. The van der Waals surface area contributed by atoms with Crippen LogP contribution in [-0.2, 0) is 9.31 Å². The fourth-order valence-corrected chi connectivity index (χ4v) is 1.75. The first-order valence-electron chi connectivity index (χ1n) is 5.40. The third-order valence-electron chi connectivity index (χ3n) is 3.32.